The van der Waals surface area contributed by atoms with Gasteiger partial charge in [-0.25, -0.2) is 8.78 Å². The number of hydrogen-bond donors (Lipinski definition) is 1. The molecule has 0 bridgehead atoms. The summed E-state index contributed by atoms with van der Waals surface area (Å²) in [6, 6.07) is 11.4. The minimum absolute atomic E-state index is 0.0935. The SMILES string of the molecule is O=C1c2c(O)c(=O)ccn2N(C2c3ccccc3C3(CC3)c3c2ccc(F)c3F)C2CCCCN12. The zero-order valence-corrected chi connectivity index (χ0v) is 18.9. The van der Waals surface area contributed by atoms with E-state index in [0.717, 1.165) is 36.8 Å². The third kappa shape index (κ3) is 2.57. The molecule has 3 heterocycles. The molecule has 1 spiro atoms. The molecule has 2 aromatic carbocycles. The number of carbonyl (C=O) groups is 1. The molecule has 2 atom stereocenters. The summed E-state index contributed by atoms with van der Waals surface area (Å²) in [5, 5.41) is 12.6. The lowest BCUT2D eigenvalue weighted by Crippen LogP contribution is -2.64. The topological polar surface area (TPSA) is 65.8 Å². The maximum atomic E-state index is 15.5. The second kappa shape index (κ2) is 6.93. The molecular formula is C27H23F2N3O3. The van der Waals surface area contributed by atoms with Gasteiger partial charge in [0.2, 0.25) is 5.43 Å². The molecule has 35 heavy (non-hydrogen) atoms. The van der Waals surface area contributed by atoms with Gasteiger partial charge in [-0.15, -0.1) is 0 Å². The third-order valence-electron chi connectivity index (χ3n) is 8.23. The summed E-state index contributed by atoms with van der Waals surface area (Å²) in [6.07, 6.45) is 5.01. The van der Waals surface area contributed by atoms with Crippen molar-refractivity contribution in [1.82, 2.24) is 9.58 Å². The first-order valence-corrected chi connectivity index (χ1v) is 12.1. The monoisotopic (exact) mass is 475 g/mol. The van der Waals surface area contributed by atoms with E-state index in [1.165, 1.54) is 18.3 Å². The molecule has 6 nitrogen and oxygen atoms in total. The van der Waals surface area contributed by atoms with Crippen LogP contribution < -0.4 is 10.4 Å². The maximum Gasteiger partial charge on any atom is 0.278 e. The summed E-state index contributed by atoms with van der Waals surface area (Å²) in [6.45, 7) is 0.492. The molecule has 178 valence electrons. The molecule has 7 rings (SSSR count). The van der Waals surface area contributed by atoms with Gasteiger partial charge < -0.3 is 10.0 Å². The average Bonchev–Trinajstić information content (AvgIpc) is 3.66. The molecule has 2 fully saturated rings. The summed E-state index contributed by atoms with van der Waals surface area (Å²) in [4.78, 5) is 27.4. The molecule has 2 aliphatic carbocycles. The van der Waals surface area contributed by atoms with Crippen molar-refractivity contribution in [2.45, 2.75) is 49.7 Å². The molecule has 0 radical (unpaired) electrons. The number of aromatic nitrogens is 1. The predicted octanol–water partition coefficient (Wildman–Crippen LogP) is 3.92. The highest BCUT2D eigenvalue weighted by Crippen LogP contribution is 2.61. The molecule has 1 saturated carbocycles. The van der Waals surface area contributed by atoms with E-state index in [1.807, 2.05) is 29.3 Å². The Kier molecular flexibility index (Phi) is 4.09. The summed E-state index contributed by atoms with van der Waals surface area (Å²) >= 11 is 0. The maximum absolute atomic E-state index is 15.5. The lowest BCUT2D eigenvalue weighted by molar-refractivity contribution is 0.0461. The fourth-order valence-electron chi connectivity index (χ4n) is 6.59. The summed E-state index contributed by atoms with van der Waals surface area (Å²) in [5.74, 6) is -2.69. The Morgan fingerprint density at radius 3 is 2.57 bits per heavy atom. The van der Waals surface area contributed by atoms with E-state index in [1.54, 1.807) is 15.6 Å². The number of amides is 1. The van der Waals surface area contributed by atoms with Crippen LogP contribution in [-0.4, -0.2) is 33.3 Å². The van der Waals surface area contributed by atoms with Gasteiger partial charge in [0.15, 0.2) is 23.1 Å². The van der Waals surface area contributed by atoms with Crippen molar-refractivity contribution in [3.05, 3.63) is 98.5 Å². The van der Waals surface area contributed by atoms with Gasteiger partial charge in [0.25, 0.3) is 5.91 Å². The van der Waals surface area contributed by atoms with Crippen LogP contribution >= 0.6 is 0 Å². The first-order valence-electron chi connectivity index (χ1n) is 12.1. The van der Waals surface area contributed by atoms with Crippen LogP contribution in [0.2, 0.25) is 0 Å². The van der Waals surface area contributed by atoms with Crippen LogP contribution in [0.15, 0.2) is 53.5 Å². The van der Waals surface area contributed by atoms with Gasteiger partial charge in [0.1, 0.15) is 6.17 Å². The van der Waals surface area contributed by atoms with E-state index >= 15 is 4.39 Å². The first kappa shape index (κ1) is 20.7. The van der Waals surface area contributed by atoms with E-state index in [9.17, 15) is 19.1 Å². The van der Waals surface area contributed by atoms with E-state index in [2.05, 4.69) is 0 Å². The number of aromatic hydroxyl groups is 1. The second-order valence-electron chi connectivity index (χ2n) is 9.97. The Hall–Kier alpha value is -3.68. The van der Waals surface area contributed by atoms with Crippen molar-refractivity contribution in [3.63, 3.8) is 0 Å². The lowest BCUT2D eigenvalue weighted by Gasteiger charge is -2.53. The minimum Gasteiger partial charge on any atom is -0.502 e. The number of nitrogens with zero attached hydrogens (tertiary/aromatic N) is 3. The summed E-state index contributed by atoms with van der Waals surface area (Å²) in [7, 11) is 0. The van der Waals surface area contributed by atoms with E-state index in [0.29, 0.717) is 24.1 Å². The van der Waals surface area contributed by atoms with Crippen LogP contribution in [0.3, 0.4) is 0 Å². The van der Waals surface area contributed by atoms with Gasteiger partial charge >= 0.3 is 0 Å². The second-order valence-corrected chi connectivity index (χ2v) is 9.97. The number of pyridine rings is 1. The van der Waals surface area contributed by atoms with Gasteiger partial charge in [-0.1, -0.05) is 30.3 Å². The van der Waals surface area contributed by atoms with Crippen molar-refractivity contribution >= 4 is 5.91 Å². The summed E-state index contributed by atoms with van der Waals surface area (Å²) in [5.41, 5.74) is 1.69. The number of halogens is 2. The fraction of sp³-hybridized carbons (Fsp3) is 0.333. The largest absolute Gasteiger partial charge is 0.502 e. The number of fused-ring (bicyclic) bond motifs is 6. The van der Waals surface area contributed by atoms with Crippen LogP contribution in [0.4, 0.5) is 8.78 Å². The Balaban J connectivity index is 1.55. The van der Waals surface area contributed by atoms with Crippen molar-refractivity contribution in [2.24, 2.45) is 0 Å². The number of piperidine rings is 1. The molecule has 1 N–H and O–H groups in total. The number of rotatable bonds is 1. The molecule has 8 heteroatoms. The van der Waals surface area contributed by atoms with Crippen LogP contribution in [0.5, 0.6) is 5.75 Å². The quantitative estimate of drug-likeness (QED) is 0.580. The Morgan fingerprint density at radius 2 is 1.77 bits per heavy atom. The standard InChI is InChI=1S/C27H23F2N3O3/c28-18-9-8-16-21(22(18)29)27(11-12-27)17-6-2-1-5-15(17)23(16)32-20-7-3-4-13-30(20)26(35)24-25(34)19(33)10-14-31(24)32/h1-2,5-6,8-10,14,20,23,34H,3-4,7,11-13H2. The van der Waals surface area contributed by atoms with Gasteiger partial charge in [-0.3, -0.25) is 19.3 Å². The average molecular weight is 475 g/mol. The zero-order valence-electron chi connectivity index (χ0n) is 18.9. The smallest absolute Gasteiger partial charge is 0.278 e. The summed E-state index contributed by atoms with van der Waals surface area (Å²) < 4.78 is 31.6. The lowest BCUT2D eigenvalue weighted by atomic mass is 9.72. The molecule has 2 aliphatic heterocycles. The van der Waals surface area contributed by atoms with Crippen LogP contribution in [0.1, 0.15) is 70.9 Å². The van der Waals surface area contributed by atoms with E-state index in [-0.39, 0.29) is 11.9 Å². The minimum atomic E-state index is -0.872. The number of benzene rings is 2. The highest BCUT2D eigenvalue weighted by Gasteiger charge is 2.56. The highest BCUT2D eigenvalue weighted by molar-refractivity contribution is 5.96. The highest BCUT2D eigenvalue weighted by atomic mass is 19.2. The number of hydrogen-bond acceptors (Lipinski definition) is 4. The molecule has 1 aromatic heterocycles. The van der Waals surface area contributed by atoms with Crippen molar-refractivity contribution < 1.29 is 18.7 Å². The van der Waals surface area contributed by atoms with Crippen LogP contribution in [0.25, 0.3) is 0 Å². The van der Waals surface area contributed by atoms with Gasteiger partial charge in [-0.2, -0.15) is 0 Å². The molecule has 1 saturated heterocycles. The Morgan fingerprint density at radius 1 is 0.971 bits per heavy atom. The fourth-order valence-corrected chi connectivity index (χ4v) is 6.59. The van der Waals surface area contributed by atoms with Crippen LogP contribution in [0, 0.1) is 11.6 Å². The van der Waals surface area contributed by atoms with E-state index in [4.69, 9.17) is 0 Å². The van der Waals surface area contributed by atoms with Gasteiger partial charge in [0.05, 0.1) is 6.04 Å². The normalized spacial score (nSPS) is 23.4. The molecule has 2 unspecified atom stereocenters. The third-order valence-corrected chi connectivity index (χ3v) is 8.23. The van der Waals surface area contributed by atoms with Crippen molar-refractivity contribution in [1.29, 1.82) is 0 Å². The number of carbonyl (C=O) groups excluding carboxylic acids is 1. The van der Waals surface area contributed by atoms with Crippen molar-refractivity contribution in [3.8, 4) is 5.75 Å². The molecule has 3 aromatic rings. The van der Waals surface area contributed by atoms with Crippen molar-refractivity contribution in [2.75, 3.05) is 11.6 Å². The van der Waals surface area contributed by atoms with Gasteiger partial charge in [-0.05, 0) is 54.9 Å². The molecule has 1 amide bonds. The predicted molar refractivity (Wildman–Crippen MR) is 124 cm³/mol. The zero-order chi connectivity index (χ0) is 24.1. The van der Waals surface area contributed by atoms with E-state index < -0.39 is 40.2 Å². The Labute approximate surface area is 200 Å². The molecular weight excluding hydrogens is 452 g/mol. The first-order chi connectivity index (χ1) is 16.9. The Bertz CT molecular complexity index is 1480. The van der Waals surface area contributed by atoms with Crippen LogP contribution in [-0.2, 0) is 5.41 Å². The van der Waals surface area contributed by atoms with Gasteiger partial charge in [0, 0.05) is 29.8 Å². The molecule has 4 aliphatic rings.